The normalized spacial score (nSPS) is 14.6. The molecule has 162 valence electrons. The van der Waals surface area contributed by atoms with E-state index >= 15 is 0 Å². The number of carbonyl (C=O) groups is 1. The molecule has 7 nitrogen and oxygen atoms in total. The summed E-state index contributed by atoms with van der Waals surface area (Å²) >= 11 is 1.46. The van der Waals surface area contributed by atoms with Crippen molar-refractivity contribution in [2.24, 2.45) is 5.92 Å². The molecule has 2 aromatic heterocycles. The predicted octanol–water partition coefficient (Wildman–Crippen LogP) is 3.97. The number of imidazole rings is 1. The fourth-order valence-corrected chi connectivity index (χ4v) is 4.02. The summed E-state index contributed by atoms with van der Waals surface area (Å²) in [6.07, 6.45) is 7.03. The van der Waals surface area contributed by atoms with Gasteiger partial charge in [-0.1, -0.05) is 11.8 Å². The first-order valence-electron chi connectivity index (χ1n) is 10.2. The van der Waals surface area contributed by atoms with E-state index in [9.17, 15) is 9.18 Å². The van der Waals surface area contributed by atoms with E-state index in [4.69, 9.17) is 9.72 Å². The zero-order valence-electron chi connectivity index (χ0n) is 17.5. The van der Waals surface area contributed by atoms with Gasteiger partial charge in [0.25, 0.3) is 0 Å². The van der Waals surface area contributed by atoms with E-state index in [2.05, 4.69) is 14.9 Å². The Morgan fingerprint density at radius 3 is 2.58 bits per heavy atom. The molecule has 4 rings (SSSR count). The van der Waals surface area contributed by atoms with Gasteiger partial charge < -0.3 is 9.64 Å². The molecular formula is C22H24FN5O2S. The highest BCUT2D eigenvalue weighted by molar-refractivity contribution is 7.98. The van der Waals surface area contributed by atoms with E-state index in [-0.39, 0.29) is 17.7 Å². The zero-order chi connectivity index (χ0) is 21.8. The van der Waals surface area contributed by atoms with Crippen LogP contribution in [-0.2, 0) is 9.53 Å². The van der Waals surface area contributed by atoms with Gasteiger partial charge in [-0.3, -0.25) is 9.36 Å². The van der Waals surface area contributed by atoms with Crippen LogP contribution in [0.15, 0.2) is 47.9 Å². The maximum atomic E-state index is 13.5. The van der Waals surface area contributed by atoms with E-state index in [1.165, 1.54) is 23.9 Å². The lowest BCUT2D eigenvalue weighted by atomic mass is 9.97. The van der Waals surface area contributed by atoms with Crippen LogP contribution in [0.25, 0.3) is 17.2 Å². The molecule has 1 saturated heterocycles. The molecule has 0 spiro atoms. The molecule has 31 heavy (non-hydrogen) atoms. The van der Waals surface area contributed by atoms with Crippen molar-refractivity contribution in [3.63, 3.8) is 0 Å². The number of rotatable bonds is 6. The Bertz CT molecular complexity index is 1050. The lowest BCUT2D eigenvalue weighted by Gasteiger charge is -2.30. The van der Waals surface area contributed by atoms with Crippen molar-refractivity contribution >= 4 is 23.5 Å². The smallest absolute Gasteiger partial charge is 0.309 e. The largest absolute Gasteiger partial charge is 0.466 e. The number of hydrogen-bond donors (Lipinski definition) is 0. The number of anilines is 1. The van der Waals surface area contributed by atoms with Crippen LogP contribution in [0.1, 0.15) is 19.8 Å². The first-order valence-corrected chi connectivity index (χ1v) is 11.5. The second-order valence-electron chi connectivity index (χ2n) is 7.21. The van der Waals surface area contributed by atoms with Crippen LogP contribution < -0.4 is 4.90 Å². The Labute approximate surface area is 184 Å². The summed E-state index contributed by atoms with van der Waals surface area (Å²) in [6, 6.07) is 8.09. The van der Waals surface area contributed by atoms with Crippen molar-refractivity contribution in [2.45, 2.75) is 24.9 Å². The van der Waals surface area contributed by atoms with Crippen LogP contribution in [0.5, 0.6) is 0 Å². The van der Waals surface area contributed by atoms with Gasteiger partial charge in [-0.25, -0.2) is 19.3 Å². The number of nitrogens with zero attached hydrogens (tertiary/aromatic N) is 5. The van der Waals surface area contributed by atoms with Crippen molar-refractivity contribution < 1.29 is 13.9 Å². The molecule has 0 radical (unpaired) electrons. The van der Waals surface area contributed by atoms with Crippen molar-refractivity contribution in [1.29, 1.82) is 0 Å². The Morgan fingerprint density at radius 2 is 1.90 bits per heavy atom. The van der Waals surface area contributed by atoms with Gasteiger partial charge in [0, 0.05) is 24.8 Å². The minimum absolute atomic E-state index is 0.0687. The van der Waals surface area contributed by atoms with Crippen LogP contribution in [0.4, 0.5) is 10.2 Å². The monoisotopic (exact) mass is 441 g/mol. The molecule has 1 aromatic carbocycles. The topological polar surface area (TPSA) is 73.1 Å². The van der Waals surface area contributed by atoms with E-state index in [1.807, 2.05) is 30.0 Å². The Kier molecular flexibility index (Phi) is 6.50. The van der Waals surface area contributed by atoms with Crippen LogP contribution in [0.2, 0.25) is 0 Å². The molecule has 0 bridgehead atoms. The van der Waals surface area contributed by atoms with Gasteiger partial charge in [0.2, 0.25) is 0 Å². The van der Waals surface area contributed by atoms with E-state index < -0.39 is 0 Å². The standard InChI is InChI=1S/C22H24FN5O2S/c1-3-30-21(29)16-9-12-27(13-10-16)19-14-28(18-8-11-24-22(26-18)31-2)20(25-19)15-4-6-17(23)7-5-15/h4-8,11,14,16H,3,9-10,12-13H2,1-2H3. The third kappa shape index (κ3) is 4.71. The van der Waals surface area contributed by atoms with Crippen molar-refractivity contribution in [3.8, 4) is 17.2 Å². The van der Waals surface area contributed by atoms with Gasteiger partial charge >= 0.3 is 5.97 Å². The van der Waals surface area contributed by atoms with Gasteiger partial charge in [0.1, 0.15) is 23.3 Å². The second-order valence-corrected chi connectivity index (χ2v) is 7.99. The number of esters is 1. The molecule has 1 aliphatic heterocycles. The summed E-state index contributed by atoms with van der Waals surface area (Å²) in [5.41, 5.74) is 0.790. The summed E-state index contributed by atoms with van der Waals surface area (Å²) in [5.74, 6) is 1.68. The molecule has 9 heteroatoms. The fraction of sp³-hybridized carbons (Fsp3) is 0.364. The number of hydrogen-bond acceptors (Lipinski definition) is 7. The highest BCUT2D eigenvalue weighted by Gasteiger charge is 2.28. The number of aromatic nitrogens is 4. The summed E-state index contributed by atoms with van der Waals surface area (Å²) in [5, 5.41) is 0.660. The molecule has 0 aliphatic carbocycles. The number of thioether (sulfide) groups is 1. The maximum absolute atomic E-state index is 13.5. The molecule has 1 aliphatic rings. The first kappa shape index (κ1) is 21.3. The van der Waals surface area contributed by atoms with Gasteiger partial charge in [0.05, 0.1) is 18.7 Å². The summed E-state index contributed by atoms with van der Waals surface area (Å²) in [6.45, 7) is 3.65. The molecule has 0 saturated carbocycles. The number of benzene rings is 1. The van der Waals surface area contributed by atoms with E-state index in [0.717, 1.165) is 24.2 Å². The third-order valence-corrected chi connectivity index (χ3v) is 5.84. The lowest BCUT2D eigenvalue weighted by molar-refractivity contribution is -0.148. The lowest BCUT2D eigenvalue weighted by Crippen LogP contribution is -2.37. The molecule has 3 heterocycles. The van der Waals surface area contributed by atoms with Crippen LogP contribution in [0.3, 0.4) is 0 Å². The SMILES string of the molecule is CCOC(=O)C1CCN(c2cn(-c3ccnc(SC)n3)c(-c3ccc(F)cc3)n2)CC1. The fourth-order valence-electron chi connectivity index (χ4n) is 3.67. The maximum Gasteiger partial charge on any atom is 0.309 e. The molecule has 1 fully saturated rings. The molecule has 0 N–H and O–H groups in total. The molecular weight excluding hydrogens is 417 g/mol. The number of halogens is 1. The predicted molar refractivity (Wildman–Crippen MR) is 118 cm³/mol. The molecule has 0 amide bonds. The second kappa shape index (κ2) is 9.47. The Hall–Kier alpha value is -2.94. The quantitative estimate of drug-likeness (QED) is 0.326. The van der Waals surface area contributed by atoms with Crippen molar-refractivity contribution in [3.05, 3.63) is 48.5 Å². The zero-order valence-corrected chi connectivity index (χ0v) is 18.3. The minimum Gasteiger partial charge on any atom is -0.466 e. The van der Waals surface area contributed by atoms with Crippen LogP contribution >= 0.6 is 11.8 Å². The number of carbonyl (C=O) groups excluding carboxylic acids is 1. The van der Waals surface area contributed by atoms with Crippen molar-refractivity contribution in [1.82, 2.24) is 19.5 Å². The van der Waals surface area contributed by atoms with Gasteiger partial charge in [-0.05, 0) is 56.4 Å². The minimum atomic E-state index is -0.296. The number of ether oxygens (including phenoxy) is 1. The summed E-state index contributed by atoms with van der Waals surface area (Å²) < 4.78 is 20.6. The highest BCUT2D eigenvalue weighted by Crippen LogP contribution is 2.29. The van der Waals surface area contributed by atoms with E-state index in [0.29, 0.717) is 36.5 Å². The first-order chi connectivity index (χ1) is 15.1. The molecule has 3 aromatic rings. The van der Waals surface area contributed by atoms with Crippen LogP contribution in [0, 0.1) is 11.7 Å². The average molecular weight is 442 g/mol. The van der Waals surface area contributed by atoms with Gasteiger partial charge in [-0.15, -0.1) is 0 Å². The summed E-state index contributed by atoms with van der Waals surface area (Å²) in [7, 11) is 0. The van der Waals surface area contributed by atoms with Crippen LogP contribution in [-0.4, -0.2) is 51.4 Å². The molecule has 0 unspecified atom stereocenters. The number of piperidine rings is 1. The Balaban J connectivity index is 1.65. The van der Waals surface area contributed by atoms with Gasteiger partial charge in [0.15, 0.2) is 5.16 Å². The van der Waals surface area contributed by atoms with Crippen molar-refractivity contribution in [2.75, 3.05) is 30.9 Å². The van der Waals surface area contributed by atoms with Gasteiger partial charge in [-0.2, -0.15) is 0 Å². The Morgan fingerprint density at radius 1 is 1.16 bits per heavy atom. The van der Waals surface area contributed by atoms with E-state index in [1.54, 1.807) is 18.3 Å². The third-order valence-electron chi connectivity index (χ3n) is 5.28. The summed E-state index contributed by atoms with van der Waals surface area (Å²) in [4.78, 5) is 27.9. The average Bonchev–Trinajstić information content (AvgIpc) is 3.25. The molecule has 0 atom stereocenters. The highest BCUT2D eigenvalue weighted by atomic mass is 32.2.